The van der Waals surface area contributed by atoms with E-state index in [9.17, 15) is 0 Å². The van der Waals surface area contributed by atoms with Crippen LogP contribution in [0.3, 0.4) is 0 Å². The number of hydrogen-bond donors (Lipinski definition) is 2. The number of fused-ring (bicyclic) bond motifs is 1. The Labute approximate surface area is 135 Å². The number of nitrogens with one attached hydrogen (secondary N) is 2. The van der Waals surface area contributed by atoms with Crippen LogP contribution >= 0.6 is 0 Å². The summed E-state index contributed by atoms with van der Waals surface area (Å²) in [6.07, 6.45) is 4.59. The van der Waals surface area contributed by atoms with Gasteiger partial charge in [0.05, 0.1) is 12.8 Å². The van der Waals surface area contributed by atoms with Gasteiger partial charge >= 0.3 is 0 Å². The van der Waals surface area contributed by atoms with Gasteiger partial charge in [-0.2, -0.15) is 0 Å². The summed E-state index contributed by atoms with van der Waals surface area (Å²) in [7, 11) is 1.77. The van der Waals surface area contributed by atoms with Crippen molar-refractivity contribution in [2.24, 2.45) is 0 Å². The van der Waals surface area contributed by atoms with Crippen LogP contribution in [0.2, 0.25) is 0 Å². The van der Waals surface area contributed by atoms with Gasteiger partial charge in [-0.05, 0) is 57.1 Å². The Morgan fingerprint density at radius 2 is 2.09 bits per heavy atom. The van der Waals surface area contributed by atoms with Gasteiger partial charge in [0, 0.05) is 23.3 Å². The molecule has 0 saturated heterocycles. The van der Waals surface area contributed by atoms with E-state index in [0.29, 0.717) is 12.0 Å². The molecular weight excluding hydrogens is 272 g/mol. The Morgan fingerprint density at radius 1 is 1.36 bits per heavy atom. The average Bonchev–Trinajstić information content (AvgIpc) is 2.53. The van der Waals surface area contributed by atoms with E-state index in [0.717, 1.165) is 18.6 Å². The Balaban J connectivity index is 2.45. The fourth-order valence-corrected chi connectivity index (χ4v) is 3.33. The van der Waals surface area contributed by atoms with E-state index >= 15 is 0 Å². The summed E-state index contributed by atoms with van der Waals surface area (Å²) in [6.45, 7) is 11.3. The molecule has 22 heavy (non-hydrogen) atoms. The van der Waals surface area contributed by atoms with Crippen molar-refractivity contribution >= 4 is 11.4 Å². The summed E-state index contributed by atoms with van der Waals surface area (Å²) in [6, 6.07) is 4.92. The van der Waals surface area contributed by atoms with E-state index in [1.54, 1.807) is 7.11 Å². The summed E-state index contributed by atoms with van der Waals surface area (Å²) in [5, 5.41) is 7.34. The molecule has 3 heteroatoms. The molecule has 1 aliphatic rings. The lowest BCUT2D eigenvalue weighted by Crippen LogP contribution is -2.39. The first-order valence-electron chi connectivity index (χ1n) is 8.72. The second-order valence-corrected chi connectivity index (χ2v) is 6.94. The highest BCUT2D eigenvalue weighted by Crippen LogP contribution is 2.47. The molecule has 124 valence electrons. The van der Waals surface area contributed by atoms with Gasteiger partial charge in [0.15, 0.2) is 0 Å². The molecule has 1 aromatic carbocycles. The van der Waals surface area contributed by atoms with Crippen LogP contribution in [0, 0.1) is 0 Å². The van der Waals surface area contributed by atoms with Crippen molar-refractivity contribution in [3.8, 4) is 5.75 Å². The van der Waals surface area contributed by atoms with Crippen molar-refractivity contribution in [3.05, 3.63) is 17.7 Å². The largest absolute Gasteiger partial charge is 0.495 e. The summed E-state index contributed by atoms with van der Waals surface area (Å²) in [4.78, 5) is 0. The molecule has 0 amide bonds. The number of methoxy groups -OCH3 is 1. The van der Waals surface area contributed by atoms with Crippen LogP contribution in [0.5, 0.6) is 5.75 Å². The Hall–Kier alpha value is -1.38. The molecule has 0 radical (unpaired) electrons. The molecule has 2 N–H and O–H groups in total. The predicted molar refractivity (Wildman–Crippen MR) is 96.3 cm³/mol. The summed E-state index contributed by atoms with van der Waals surface area (Å²) in [5.74, 6) is 1.55. The number of anilines is 2. The topological polar surface area (TPSA) is 33.3 Å². The molecule has 0 bridgehead atoms. The van der Waals surface area contributed by atoms with Crippen LogP contribution in [-0.4, -0.2) is 18.7 Å². The van der Waals surface area contributed by atoms with Crippen LogP contribution in [0.4, 0.5) is 11.4 Å². The minimum atomic E-state index is 0.159. The van der Waals surface area contributed by atoms with Crippen molar-refractivity contribution < 1.29 is 4.74 Å². The molecular formula is C19H32N2O. The van der Waals surface area contributed by atoms with E-state index < -0.39 is 0 Å². The molecule has 1 aliphatic heterocycles. The Bertz CT molecular complexity index is 514. The summed E-state index contributed by atoms with van der Waals surface area (Å²) < 4.78 is 5.70. The van der Waals surface area contributed by atoms with Crippen molar-refractivity contribution in [2.45, 2.75) is 77.8 Å². The van der Waals surface area contributed by atoms with Gasteiger partial charge in [0.1, 0.15) is 5.75 Å². The first-order chi connectivity index (χ1) is 10.5. The van der Waals surface area contributed by atoms with E-state index in [2.05, 4.69) is 57.4 Å². The van der Waals surface area contributed by atoms with Crippen LogP contribution < -0.4 is 15.4 Å². The van der Waals surface area contributed by atoms with Gasteiger partial charge in [-0.3, -0.25) is 0 Å². The monoisotopic (exact) mass is 304 g/mol. The first kappa shape index (κ1) is 17.0. The van der Waals surface area contributed by atoms with Gasteiger partial charge in [-0.15, -0.1) is 0 Å². The molecule has 0 aromatic heterocycles. The maximum absolute atomic E-state index is 5.70. The maximum atomic E-state index is 5.70. The van der Waals surface area contributed by atoms with Gasteiger partial charge < -0.3 is 15.4 Å². The third-order valence-electron chi connectivity index (χ3n) is 5.21. The number of benzene rings is 1. The van der Waals surface area contributed by atoms with E-state index in [1.807, 2.05) is 0 Å². The first-order valence-corrected chi connectivity index (χ1v) is 8.72. The minimum absolute atomic E-state index is 0.159. The number of hydrogen-bond acceptors (Lipinski definition) is 3. The quantitative estimate of drug-likeness (QED) is 0.740. The fourth-order valence-electron chi connectivity index (χ4n) is 3.33. The molecule has 3 nitrogen and oxygen atoms in total. The summed E-state index contributed by atoms with van der Waals surface area (Å²) in [5.41, 5.74) is 3.93. The highest BCUT2D eigenvalue weighted by atomic mass is 16.5. The normalized spacial score (nSPS) is 25.1. The van der Waals surface area contributed by atoms with Crippen molar-refractivity contribution in [1.82, 2.24) is 0 Å². The lowest BCUT2D eigenvalue weighted by Gasteiger charge is -2.41. The summed E-state index contributed by atoms with van der Waals surface area (Å²) >= 11 is 0. The SMILES string of the molecule is CCC(C)Nc1cc(OC)c2c(c1)C(CC)CC(C)(CC)N2. The second kappa shape index (κ2) is 6.80. The molecule has 0 aliphatic carbocycles. The zero-order valence-corrected chi connectivity index (χ0v) is 15.0. The molecule has 1 aromatic rings. The highest BCUT2D eigenvalue weighted by molar-refractivity contribution is 5.72. The lowest BCUT2D eigenvalue weighted by molar-refractivity contribution is 0.375. The van der Waals surface area contributed by atoms with E-state index in [-0.39, 0.29) is 5.54 Å². The predicted octanol–water partition coefficient (Wildman–Crippen LogP) is 5.38. The zero-order valence-electron chi connectivity index (χ0n) is 15.0. The standard InChI is InChI=1S/C19H32N2O/c1-7-13(4)20-15-10-16-14(8-2)12-19(5,9-3)21-18(16)17(11-15)22-6/h10-11,13-14,20-21H,7-9,12H2,1-6H3. The molecule has 1 heterocycles. The smallest absolute Gasteiger partial charge is 0.144 e. The zero-order chi connectivity index (χ0) is 16.3. The number of rotatable bonds is 6. The maximum Gasteiger partial charge on any atom is 0.144 e. The van der Waals surface area contributed by atoms with Crippen molar-refractivity contribution in [1.29, 1.82) is 0 Å². The van der Waals surface area contributed by atoms with Crippen LogP contribution in [0.1, 0.15) is 71.8 Å². The van der Waals surface area contributed by atoms with Crippen molar-refractivity contribution in [2.75, 3.05) is 17.7 Å². The fraction of sp³-hybridized carbons (Fsp3) is 0.684. The Morgan fingerprint density at radius 3 is 2.64 bits per heavy atom. The molecule has 3 atom stereocenters. The van der Waals surface area contributed by atoms with Crippen LogP contribution in [0.15, 0.2) is 12.1 Å². The number of ether oxygens (including phenoxy) is 1. The molecule has 3 unspecified atom stereocenters. The van der Waals surface area contributed by atoms with E-state index in [1.165, 1.54) is 29.8 Å². The van der Waals surface area contributed by atoms with Gasteiger partial charge in [0.25, 0.3) is 0 Å². The van der Waals surface area contributed by atoms with Crippen LogP contribution in [0.25, 0.3) is 0 Å². The van der Waals surface area contributed by atoms with Crippen LogP contribution in [-0.2, 0) is 0 Å². The lowest BCUT2D eigenvalue weighted by atomic mass is 9.77. The molecule has 2 rings (SSSR count). The van der Waals surface area contributed by atoms with Gasteiger partial charge in [-0.25, -0.2) is 0 Å². The van der Waals surface area contributed by atoms with E-state index in [4.69, 9.17) is 4.74 Å². The third-order valence-corrected chi connectivity index (χ3v) is 5.21. The van der Waals surface area contributed by atoms with Crippen molar-refractivity contribution in [3.63, 3.8) is 0 Å². The van der Waals surface area contributed by atoms with Gasteiger partial charge in [-0.1, -0.05) is 20.8 Å². The molecule has 0 spiro atoms. The third kappa shape index (κ3) is 3.34. The molecule has 0 fully saturated rings. The minimum Gasteiger partial charge on any atom is -0.495 e. The average molecular weight is 304 g/mol. The second-order valence-electron chi connectivity index (χ2n) is 6.94. The Kier molecular flexibility index (Phi) is 5.25. The molecule has 0 saturated carbocycles. The highest BCUT2D eigenvalue weighted by Gasteiger charge is 2.35. The van der Waals surface area contributed by atoms with Gasteiger partial charge in [0.2, 0.25) is 0 Å².